The Kier molecular flexibility index (Phi) is 10.5. The zero-order valence-corrected chi connectivity index (χ0v) is 25.9. The van der Waals surface area contributed by atoms with Crippen molar-refractivity contribution >= 4 is 33.6 Å². The van der Waals surface area contributed by atoms with Crippen LogP contribution in [0.3, 0.4) is 0 Å². The highest BCUT2D eigenvalue weighted by molar-refractivity contribution is 9.10. The number of anilines is 1. The van der Waals surface area contributed by atoms with Gasteiger partial charge < -0.3 is 20.7 Å². The molecule has 7 nitrogen and oxygen atoms in total. The number of urea groups is 1. The lowest BCUT2D eigenvalue weighted by Crippen LogP contribution is -2.46. The van der Waals surface area contributed by atoms with Crippen molar-refractivity contribution in [3.8, 4) is 5.75 Å². The SMILES string of the molecule is CCCCCCCNC(=O)Nc1ccccc1C(=O)NC1CCN(C2c3ccccc3COc3ccc(Br)cc32)CC1. The number of rotatable bonds is 10. The van der Waals surface area contributed by atoms with Gasteiger partial charge in [0.2, 0.25) is 0 Å². The molecule has 1 unspecified atom stereocenters. The summed E-state index contributed by atoms with van der Waals surface area (Å²) in [5, 5.41) is 9.02. The van der Waals surface area contributed by atoms with Gasteiger partial charge in [-0.2, -0.15) is 0 Å². The van der Waals surface area contributed by atoms with Crippen molar-refractivity contribution < 1.29 is 14.3 Å². The minimum atomic E-state index is -0.279. The topological polar surface area (TPSA) is 82.7 Å². The Morgan fingerprint density at radius 1 is 0.929 bits per heavy atom. The van der Waals surface area contributed by atoms with Gasteiger partial charge in [0, 0.05) is 35.7 Å². The van der Waals surface area contributed by atoms with Crippen LogP contribution >= 0.6 is 15.9 Å². The number of fused-ring (bicyclic) bond motifs is 2. The largest absolute Gasteiger partial charge is 0.489 e. The Morgan fingerprint density at radius 2 is 1.69 bits per heavy atom. The number of ether oxygens (including phenoxy) is 1. The van der Waals surface area contributed by atoms with E-state index in [0.717, 1.165) is 54.6 Å². The molecule has 1 fully saturated rings. The Hall–Kier alpha value is -3.36. The highest BCUT2D eigenvalue weighted by Crippen LogP contribution is 2.41. The Labute approximate surface area is 257 Å². The van der Waals surface area contributed by atoms with Crippen LogP contribution in [0.25, 0.3) is 0 Å². The van der Waals surface area contributed by atoms with E-state index in [-0.39, 0.29) is 24.0 Å². The van der Waals surface area contributed by atoms with Crippen LogP contribution in [0.1, 0.15) is 85.0 Å². The van der Waals surface area contributed by atoms with E-state index < -0.39 is 0 Å². The zero-order chi connectivity index (χ0) is 29.3. The summed E-state index contributed by atoms with van der Waals surface area (Å²) >= 11 is 3.66. The molecule has 3 aromatic rings. The summed E-state index contributed by atoms with van der Waals surface area (Å²) in [6.45, 7) is 5.06. The third-order valence-electron chi connectivity index (χ3n) is 8.21. The van der Waals surface area contributed by atoms with E-state index in [4.69, 9.17) is 4.74 Å². The molecule has 42 heavy (non-hydrogen) atoms. The van der Waals surface area contributed by atoms with Gasteiger partial charge in [0.1, 0.15) is 12.4 Å². The first-order valence-corrected chi connectivity index (χ1v) is 16.0. The molecule has 0 aromatic heterocycles. The molecular weight excluding hydrogens is 592 g/mol. The van der Waals surface area contributed by atoms with E-state index in [0.29, 0.717) is 24.4 Å². The van der Waals surface area contributed by atoms with E-state index in [1.165, 1.54) is 30.4 Å². The van der Waals surface area contributed by atoms with E-state index in [1.54, 1.807) is 12.1 Å². The second kappa shape index (κ2) is 14.7. The van der Waals surface area contributed by atoms with Crippen LogP contribution in [0.4, 0.5) is 10.5 Å². The average molecular weight is 634 g/mol. The summed E-state index contributed by atoms with van der Waals surface area (Å²) in [4.78, 5) is 28.4. The summed E-state index contributed by atoms with van der Waals surface area (Å²) in [5.41, 5.74) is 4.64. The number of benzene rings is 3. The van der Waals surface area contributed by atoms with Gasteiger partial charge in [0.15, 0.2) is 0 Å². The smallest absolute Gasteiger partial charge is 0.319 e. The van der Waals surface area contributed by atoms with Crippen molar-refractivity contribution in [2.24, 2.45) is 0 Å². The van der Waals surface area contributed by atoms with Crippen LogP contribution in [-0.2, 0) is 6.61 Å². The molecule has 3 N–H and O–H groups in total. The number of nitrogens with zero attached hydrogens (tertiary/aromatic N) is 1. The maximum atomic E-state index is 13.4. The van der Waals surface area contributed by atoms with E-state index >= 15 is 0 Å². The molecule has 1 saturated heterocycles. The number of hydrogen-bond acceptors (Lipinski definition) is 4. The highest BCUT2D eigenvalue weighted by atomic mass is 79.9. The molecule has 2 heterocycles. The molecule has 8 heteroatoms. The number of likely N-dealkylation sites (tertiary alicyclic amines) is 1. The monoisotopic (exact) mass is 632 g/mol. The summed E-state index contributed by atoms with van der Waals surface area (Å²) in [5.74, 6) is 0.755. The van der Waals surface area contributed by atoms with Crippen molar-refractivity contribution in [2.45, 2.75) is 70.6 Å². The van der Waals surface area contributed by atoms with E-state index in [9.17, 15) is 9.59 Å². The summed E-state index contributed by atoms with van der Waals surface area (Å²) in [6.07, 6.45) is 7.35. The molecule has 3 aromatic carbocycles. The summed E-state index contributed by atoms with van der Waals surface area (Å²) in [6, 6.07) is 21.8. The average Bonchev–Trinajstić information content (AvgIpc) is 3.16. The minimum Gasteiger partial charge on any atom is -0.489 e. The minimum absolute atomic E-state index is 0.0537. The number of hydrogen-bond donors (Lipinski definition) is 3. The lowest BCUT2D eigenvalue weighted by atomic mass is 9.91. The number of unbranched alkanes of at least 4 members (excludes halogenated alkanes) is 4. The molecule has 5 rings (SSSR count). The molecule has 222 valence electrons. The number of para-hydroxylation sites is 1. The van der Waals surface area contributed by atoms with Crippen molar-refractivity contribution in [3.63, 3.8) is 0 Å². The number of carbonyl (C=O) groups is 2. The Bertz CT molecular complexity index is 1370. The second-order valence-electron chi connectivity index (χ2n) is 11.2. The first kappa shape index (κ1) is 30.1. The van der Waals surface area contributed by atoms with Gasteiger partial charge >= 0.3 is 6.03 Å². The fraction of sp³-hybridized carbons (Fsp3) is 0.412. The summed E-state index contributed by atoms with van der Waals surface area (Å²) < 4.78 is 7.25. The lowest BCUT2D eigenvalue weighted by Gasteiger charge is -2.38. The molecule has 0 radical (unpaired) electrons. The first-order valence-electron chi connectivity index (χ1n) is 15.2. The van der Waals surface area contributed by atoms with Gasteiger partial charge in [-0.15, -0.1) is 0 Å². The molecule has 2 aliphatic heterocycles. The number of halogens is 1. The fourth-order valence-electron chi connectivity index (χ4n) is 5.97. The number of carbonyl (C=O) groups excluding carboxylic acids is 2. The van der Waals surface area contributed by atoms with Crippen molar-refractivity contribution in [1.29, 1.82) is 0 Å². The van der Waals surface area contributed by atoms with E-state index in [2.05, 4.69) is 74.0 Å². The predicted molar refractivity (Wildman–Crippen MR) is 171 cm³/mol. The van der Waals surface area contributed by atoms with Crippen molar-refractivity contribution in [2.75, 3.05) is 25.0 Å². The quantitative estimate of drug-likeness (QED) is 0.203. The van der Waals surface area contributed by atoms with Gasteiger partial charge in [0.05, 0.1) is 17.3 Å². The van der Waals surface area contributed by atoms with Crippen LogP contribution in [0, 0.1) is 0 Å². The molecular formula is C34H41BrN4O3. The lowest BCUT2D eigenvalue weighted by molar-refractivity contribution is 0.0901. The molecule has 0 saturated carbocycles. The van der Waals surface area contributed by atoms with Gasteiger partial charge in [-0.05, 0) is 60.7 Å². The molecule has 0 spiro atoms. The second-order valence-corrected chi connectivity index (χ2v) is 12.1. The summed E-state index contributed by atoms with van der Waals surface area (Å²) in [7, 11) is 0. The molecule has 1 atom stereocenters. The van der Waals surface area contributed by atoms with E-state index in [1.807, 2.05) is 24.3 Å². The number of piperidine rings is 1. The number of amides is 3. The molecule has 0 bridgehead atoms. The highest BCUT2D eigenvalue weighted by Gasteiger charge is 2.33. The zero-order valence-electron chi connectivity index (χ0n) is 24.3. The third kappa shape index (κ3) is 7.53. The molecule has 0 aliphatic carbocycles. The molecule has 3 amide bonds. The normalized spacial score (nSPS) is 16.9. The van der Waals surface area contributed by atoms with Gasteiger partial charge in [-0.3, -0.25) is 9.69 Å². The van der Waals surface area contributed by atoms with Crippen LogP contribution in [-0.4, -0.2) is 42.5 Å². The first-order chi connectivity index (χ1) is 20.5. The van der Waals surface area contributed by atoms with Gasteiger partial charge in [-0.25, -0.2) is 4.79 Å². The maximum Gasteiger partial charge on any atom is 0.319 e. The third-order valence-corrected chi connectivity index (χ3v) is 8.71. The maximum absolute atomic E-state index is 13.4. The fourth-order valence-corrected chi connectivity index (χ4v) is 6.34. The van der Waals surface area contributed by atoms with Crippen LogP contribution < -0.4 is 20.7 Å². The van der Waals surface area contributed by atoms with Crippen LogP contribution in [0.5, 0.6) is 5.75 Å². The van der Waals surface area contributed by atoms with Crippen LogP contribution in [0.2, 0.25) is 0 Å². The predicted octanol–water partition coefficient (Wildman–Crippen LogP) is 7.42. The Balaban J connectivity index is 1.19. The van der Waals surface area contributed by atoms with Crippen molar-refractivity contribution in [3.05, 3.63) is 93.5 Å². The van der Waals surface area contributed by atoms with Crippen LogP contribution in [0.15, 0.2) is 71.2 Å². The van der Waals surface area contributed by atoms with Gasteiger partial charge in [-0.1, -0.05) is 84.9 Å². The van der Waals surface area contributed by atoms with Crippen molar-refractivity contribution in [1.82, 2.24) is 15.5 Å². The Morgan fingerprint density at radius 3 is 2.52 bits per heavy atom. The van der Waals surface area contributed by atoms with Gasteiger partial charge in [0.25, 0.3) is 5.91 Å². The number of nitrogens with one attached hydrogen (secondary N) is 3. The standard InChI is InChI=1S/C34H41BrN4O3/c1-2-3-4-5-10-19-36-34(41)38-30-14-9-8-13-28(30)33(40)37-26-17-20-39(21-18-26)32-27-12-7-6-11-24(27)23-42-31-16-15-25(35)22-29(31)32/h6-9,11-16,22,26,32H,2-5,10,17-21,23H2,1H3,(H,37,40)(H2,36,38,41). The molecule has 2 aliphatic rings.